The summed E-state index contributed by atoms with van der Waals surface area (Å²) in [5, 5.41) is 0.160. The second kappa shape index (κ2) is 8.46. The van der Waals surface area contributed by atoms with Gasteiger partial charge in [-0.1, -0.05) is 12.1 Å². The lowest BCUT2D eigenvalue weighted by molar-refractivity contribution is -0.0507. The number of aryl methyl sites for hydroxylation is 1. The minimum atomic E-state index is -3.16. The molecular weight excluding hydrogens is 514 g/mol. The lowest BCUT2D eigenvalue weighted by Crippen LogP contribution is -2.30. The first-order valence-electron chi connectivity index (χ1n) is 13.5. The van der Waals surface area contributed by atoms with Gasteiger partial charge in [0.15, 0.2) is 0 Å². The summed E-state index contributed by atoms with van der Waals surface area (Å²) < 4.78 is 85.5. The number of alkyl halides is 2. The Bertz CT molecular complexity index is 1800. The van der Waals surface area contributed by atoms with E-state index < -0.39 is 44.5 Å². The van der Waals surface area contributed by atoms with E-state index in [4.69, 9.17) is 8.85 Å². The van der Waals surface area contributed by atoms with Crippen LogP contribution in [0.5, 0.6) is 5.75 Å². The monoisotopic (exact) mass is 542 g/mol. The van der Waals surface area contributed by atoms with E-state index in [0.717, 1.165) is 4.90 Å². The van der Waals surface area contributed by atoms with Crippen molar-refractivity contribution in [2.45, 2.75) is 32.0 Å². The molecule has 0 saturated heterocycles. The van der Waals surface area contributed by atoms with Gasteiger partial charge < -0.3 is 18.8 Å². The molecule has 3 heterocycles. The molecule has 0 spiro atoms. The van der Waals surface area contributed by atoms with Crippen molar-refractivity contribution in [1.29, 1.82) is 0 Å². The molecule has 0 saturated carbocycles. The lowest BCUT2D eigenvalue weighted by Gasteiger charge is -2.24. The van der Waals surface area contributed by atoms with Gasteiger partial charge in [-0.2, -0.15) is 8.78 Å². The molecular formula is C28H25F3N3O3P. The Balaban J connectivity index is 1.60. The van der Waals surface area contributed by atoms with Crippen LogP contribution in [0.15, 0.2) is 48.5 Å². The third kappa shape index (κ3) is 3.67. The molecule has 6 rings (SSSR count). The molecule has 2 aliphatic heterocycles. The van der Waals surface area contributed by atoms with Gasteiger partial charge in [0.05, 0.1) is 23.1 Å². The molecule has 0 aliphatic carbocycles. The first-order valence-corrected chi connectivity index (χ1v) is 14.6. The lowest BCUT2D eigenvalue weighted by atomic mass is 9.97. The van der Waals surface area contributed by atoms with E-state index >= 15 is 4.39 Å². The van der Waals surface area contributed by atoms with E-state index in [0.29, 0.717) is 33.5 Å². The summed E-state index contributed by atoms with van der Waals surface area (Å²) in [7, 11) is -2.85. The van der Waals surface area contributed by atoms with Crippen molar-refractivity contribution in [3.63, 3.8) is 0 Å². The number of rotatable bonds is 4. The number of carbonyl (C=O) groups is 1. The van der Waals surface area contributed by atoms with Crippen molar-refractivity contribution in [2.24, 2.45) is 0 Å². The molecule has 2 atom stereocenters. The number of hydrogen-bond donors (Lipinski definition) is 0. The maximum atomic E-state index is 15.1. The second-order valence-corrected chi connectivity index (χ2v) is 13.2. The predicted octanol–water partition coefficient (Wildman–Crippen LogP) is 6.12. The fourth-order valence-electron chi connectivity index (χ4n) is 5.67. The first-order chi connectivity index (χ1) is 19.2. The number of halogens is 3. The van der Waals surface area contributed by atoms with Crippen LogP contribution in [0.25, 0.3) is 22.2 Å². The summed E-state index contributed by atoms with van der Waals surface area (Å²) >= 11 is 0. The molecule has 2 bridgehead atoms. The molecule has 10 heteroatoms. The van der Waals surface area contributed by atoms with Crippen LogP contribution in [0.3, 0.4) is 0 Å². The average Bonchev–Trinajstić information content (AvgIpc) is 3.36. The van der Waals surface area contributed by atoms with E-state index in [1.165, 1.54) is 37.6 Å². The zero-order valence-corrected chi connectivity index (χ0v) is 21.6. The highest BCUT2D eigenvalue weighted by Crippen LogP contribution is 2.50. The highest BCUT2D eigenvalue weighted by atomic mass is 31.2. The molecule has 0 fully saturated rings. The molecule has 0 N–H and O–H groups in total. The minimum absolute atomic E-state index is 0.0347. The van der Waals surface area contributed by atoms with Crippen molar-refractivity contribution >= 4 is 29.4 Å². The largest absolute Gasteiger partial charge is 0.434 e. The molecule has 196 valence electrons. The summed E-state index contributed by atoms with van der Waals surface area (Å²) in [5.74, 6) is -1.31. The Morgan fingerprint density at radius 3 is 2.63 bits per heavy atom. The first kappa shape index (κ1) is 21.4. The van der Waals surface area contributed by atoms with E-state index in [-0.39, 0.29) is 28.6 Å². The number of fused-ring (bicyclic) bond motifs is 9. The topological polar surface area (TPSA) is 64.4 Å². The number of ether oxygens (including phenoxy) is 1. The van der Waals surface area contributed by atoms with Gasteiger partial charge >= 0.3 is 6.61 Å². The normalized spacial score (nSPS) is 20.1. The van der Waals surface area contributed by atoms with Crippen molar-refractivity contribution in [3.8, 4) is 16.9 Å². The van der Waals surface area contributed by atoms with Gasteiger partial charge in [-0.25, -0.2) is 9.37 Å². The molecule has 3 aromatic carbocycles. The zero-order chi connectivity index (χ0) is 29.6. The second-order valence-electron chi connectivity index (χ2n) is 10.1. The van der Waals surface area contributed by atoms with Crippen molar-refractivity contribution < 1.29 is 31.4 Å². The van der Waals surface area contributed by atoms with Gasteiger partial charge in [-0.05, 0) is 73.3 Å². The molecule has 38 heavy (non-hydrogen) atoms. The number of aromatic nitrogens is 2. The Hall–Kier alpha value is -3.58. The van der Waals surface area contributed by atoms with Gasteiger partial charge in [-0.3, -0.25) is 4.79 Å². The summed E-state index contributed by atoms with van der Waals surface area (Å²) in [6.45, 7) is -1.20. The number of carbonyl (C=O) groups excluding carboxylic acids is 1. The van der Waals surface area contributed by atoms with Crippen LogP contribution in [-0.4, -0.2) is 47.3 Å². The molecule has 0 radical (unpaired) electrons. The number of nitrogens with zero attached hydrogens (tertiary/aromatic N) is 3. The Kier molecular flexibility index (Phi) is 4.76. The number of hydrogen-bond acceptors (Lipinski definition) is 4. The number of amides is 1. The summed E-state index contributed by atoms with van der Waals surface area (Å²) in [5.41, 5.74) is 3.08. The van der Waals surface area contributed by atoms with Gasteiger partial charge in [-0.15, -0.1) is 0 Å². The third-order valence-corrected chi connectivity index (χ3v) is 8.84. The standard InChI is InChI=1S/C28H25F3N3O3P/c1-14-10-24(38(3,4)36)18(29)12-17(14)15-8-9-19-20(11-15)34-21-13-22(26(34)32-19)33(2)27(35)16-6-5-7-23(25(16)21)37-28(30)31/h5-12,21-22,28H,13H2,1-4H3/t21-,22-/m1/s1/i2D3. The molecule has 6 nitrogen and oxygen atoms in total. The van der Waals surface area contributed by atoms with Crippen LogP contribution in [0.4, 0.5) is 13.2 Å². The third-order valence-electron chi connectivity index (χ3n) is 7.33. The van der Waals surface area contributed by atoms with E-state index in [9.17, 15) is 18.1 Å². The molecule has 1 amide bonds. The molecule has 2 aliphatic rings. The molecule has 0 unspecified atom stereocenters. The summed E-state index contributed by atoms with van der Waals surface area (Å²) in [4.78, 5) is 19.0. The number of imidazole rings is 1. The minimum Gasteiger partial charge on any atom is -0.434 e. The zero-order valence-electron chi connectivity index (χ0n) is 23.7. The van der Waals surface area contributed by atoms with Crippen LogP contribution in [0.2, 0.25) is 0 Å². The maximum absolute atomic E-state index is 15.1. The Morgan fingerprint density at radius 2 is 1.92 bits per heavy atom. The number of benzene rings is 3. The smallest absolute Gasteiger partial charge is 0.387 e. The predicted molar refractivity (Wildman–Crippen MR) is 140 cm³/mol. The summed E-state index contributed by atoms with van der Waals surface area (Å²) in [6.07, 6.45) is 0.0912. The van der Waals surface area contributed by atoms with Crippen molar-refractivity contribution in [2.75, 3.05) is 20.3 Å². The quantitative estimate of drug-likeness (QED) is 0.292. The van der Waals surface area contributed by atoms with E-state index in [1.54, 1.807) is 35.8 Å². The SMILES string of the molecule is [2H]C([2H])([2H])N1C(=O)c2cccc(OC(F)F)c2[C@H]2C[C@@H]1c1nc3ccc(-c4cc(F)c(P(C)(C)=O)cc4C)cc3n12. The van der Waals surface area contributed by atoms with Crippen LogP contribution >= 0.6 is 7.14 Å². The fraction of sp³-hybridized carbons (Fsp3) is 0.286. The average molecular weight is 543 g/mol. The van der Waals surface area contributed by atoms with Gasteiger partial charge in [0.2, 0.25) is 0 Å². The van der Waals surface area contributed by atoms with Crippen LogP contribution in [0, 0.1) is 12.7 Å². The summed E-state index contributed by atoms with van der Waals surface area (Å²) in [6, 6.07) is 10.6. The van der Waals surface area contributed by atoms with Gasteiger partial charge in [0, 0.05) is 33.9 Å². The molecule has 4 aromatic rings. The van der Waals surface area contributed by atoms with Crippen LogP contribution in [0.1, 0.15) is 49.9 Å². The highest BCUT2D eigenvalue weighted by Gasteiger charge is 2.45. The van der Waals surface area contributed by atoms with Gasteiger partial charge in [0.25, 0.3) is 5.91 Å². The molecule has 1 aromatic heterocycles. The van der Waals surface area contributed by atoms with E-state index in [2.05, 4.69) is 4.98 Å². The highest BCUT2D eigenvalue weighted by molar-refractivity contribution is 7.70. The van der Waals surface area contributed by atoms with Crippen molar-refractivity contribution in [1.82, 2.24) is 14.5 Å². The van der Waals surface area contributed by atoms with Crippen LogP contribution < -0.4 is 10.0 Å². The maximum Gasteiger partial charge on any atom is 0.387 e. The van der Waals surface area contributed by atoms with Crippen LogP contribution in [-0.2, 0) is 4.57 Å². The van der Waals surface area contributed by atoms with E-state index in [1.807, 2.05) is 0 Å². The Morgan fingerprint density at radius 1 is 1.13 bits per heavy atom. The van der Waals surface area contributed by atoms with Gasteiger partial charge in [0.1, 0.15) is 24.5 Å². The van der Waals surface area contributed by atoms with Crippen molar-refractivity contribution in [3.05, 3.63) is 76.9 Å². The fourth-order valence-corrected chi connectivity index (χ4v) is 6.75. The Labute approximate surface area is 221 Å².